The van der Waals surface area contributed by atoms with Crippen LogP contribution in [0.3, 0.4) is 0 Å². The number of carbonyl (C=O) groups is 1. The van der Waals surface area contributed by atoms with Gasteiger partial charge >= 0.3 is 0 Å². The Morgan fingerprint density at radius 3 is 2.41 bits per heavy atom. The third kappa shape index (κ3) is 4.06. The minimum absolute atomic E-state index is 0.0930. The molecule has 0 saturated carbocycles. The summed E-state index contributed by atoms with van der Waals surface area (Å²) in [6.07, 6.45) is 6.11. The van der Waals surface area contributed by atoms with Crippen molar-refractivity contribution in [2.45, 2.75) is 45.1 Å². The molecule has 2 fully saturated rings. The van der Waals surface area contributed by atoms with Gasteiger partial charge in [-0.25, -0.2) is 9.37 Å². The van der Waals surface area contributed by atoms with Gasteiger partial charge in [-0.05, 0) is 70.0 Å². The van der Waals surface area contributed by atoms with Gasteiger partial charge in [0.1, 0.15) is 15.7 Å². The van der Waals surface area contributed by atoms with Gasteiger partial charge in [-0.3, -0.25) is 4.79 Å². The van der Waals surface area contributed by atoms with E-state index in [0.717, 1.165) is 42.2 Å². The van der Waals surface area contributed by atoms with Crippen LogP contribution in [0, 0.1) is 12.7 Å². The maximum Gasteiger partial charge on any atom is 0.265 e. The molecule has 2 aliphatic rings. The molecule has 3 heterocycles. The second-order valence-corrected chi connectivity index (χ2v) is 8.56. The second-order valence-electron chi connectivity index (χ2n) is 7.56. The highest BCUT2D eigenvalue weighted by Crippen LogP contribution is 2.30. The molecule has 1 aromatic heterocycles. The Labute approximate surface area is 164 Å². The van der Waals surface area contributed by atoms with Gasteiger partial charge in [-0.15, -0.1) is 11.3 Å². The van der Waals surface area contributed by atoms with E-state index in [1.807, 2.05) is 11.8 Å². The van der Waals surface area contributed by atoms with E-state index >= 15 is 0 Å². The topological polar surface area (TPSA) is 36.4 Å². The van der Waals surface area contributed by atoms with Gasteiger partial charge in [0.15, 0.2) is 0 Å². The molecule has 2 aromatic rings. The minimum Gasteiger partial charge on any atom is -0.338 e. The van der Waals surface area contributed by atoms with Crippen molar-refractivity contribution < 1.29 is 9.18 Å². The van der Waals surface area contributed by atoms with E-state index in [1.54, 1.807) is 12.1 Å². The average Bonchev–Trinajstić information content (AvgIpc) is 3.10. The second kappa shape index (κ2) is 8.07. The molecule has 4 rings (SSSR count). The Kier molecular flexibility index (Phi) is 5.55. The molecule has 2 aliphatic heterocycles. The zero-order chi connectivity index (χ0) is 18.8. The molecule has 0 N–H and O–H groups in total. The van der Waals surface area contributed by atoms with Crippen molar-refractivity contribution in [3.05, 3.63) is 40.7 Å². The molecule has 27 heavy (non-hydrogen) atoms. The molecule has 0 bridgehead atoms. The first-order valence-corrected chi connectivity index (χ1v) is 10.7. The molecule has 0 radical (unpaired) electrons. The first kappa shape index (κ1) is 18.6. The maximum absolute atomic E-state index is 13.1. The fraction of sp³-hybridized carbons (Fsp3) is 0.524. The van der Waals surface area contributed by atoms with Crippen LogP contribution >= 0.6 is 11.3 Å². The molecule has 2 saturated heterocycles. The molecule has 1 aromatic carbocycles. The predicted molar refractivity (Wildman–Crippen MR) is 107 cm³/mol. The fourth-order valence-corrected chi connectivity index (χ4v) is 5.21. The van der Waals surface area contributed by atoms with Crippen LogP contribution in [0.5, 0.6) is 0 Å². The average molecular weight is 388 g/mol. The highest BCUT2D eigenvalue weighted by atomic mass is 32.1. The van der Waals surface area contributed by atoms with Gasteiger partial charge in [0, 0.05) is 24.7 Å². The summed E-state index contributed by atoms with van der Waals surface area (Å²) in [5.74, 6) is -0.171. The summed E-state index contributed by atoms with van der Waals surface area (Å²) < 4.78 is 13.1. The molecular formula is C21H26FN3OS. The van der Waals surface area contributed by atoms with Crippen LogP contribution in [-0.2, 0) is 0 Å². The lowest BCUT2D eigenvalue weighted by Crippen LogP contribution is -2.48. The Bertz CT molecular complexity index is 790. The number of carbonyl (C=O) groups excluding carboxylic acids is 1. The zero-order valence-electron chi connectivity index (χ0n) is 15.8. The SMILES string of the molecule is Cc1nc(-c2ccc(F)cc2)sc1C(=O)N1CCC(N2CCCCC2)CC1. The number of piperidine rings is 2. The summed E-state index contributed by atoms with van der Waals surface area (Å²) in [5, 5.41) is 0.777. The minimum atomic E-state index is -0.264. The van der Waals surface area contributed by atoms with Crippen molar-refractivity contribution in [2.75, 3.05) is 26.2 Å². The monoisotopic (exact) mass is 387 g/mol. The molecule has 0 aliphatic carbocycles. The highest BCUT2D eigenvalue weighted by Gasteiger charge is 2.29. The van der Waals surface area contributed by atoms with Crippen LogP contribution in [0.2, 0.25) is 0 Å². The molecule has 0 spiro atoms. The van der Waals surface area contributed by atoms with E-state index < -0.39 is 0 Å². The van der Waals surface area contributed by atoms with E-state index in [9.17, 15) is 9.18 Å². The van der Waals surface area contributed by atoms with Crippen molar-refractivity contribution in [2.24, 2.45) is 0 Å². The van der Waals surface area contributed by atoms with Crippen LogP contribution in [0.15, 0.2) is 24.3 Å². The van der Waals surface area contributed by atoms with Crippen molar-refractivity contribution >= 4 is 17.2 Å². The van der Waals surface area contributed by atoms with Crippen molar-refractivity contribution in [1.82, 2.24) is 14.8 Å². The van der Waals surface area contributed by atoms with Crippen LogP contribution < -0.4 is 0 Å². The number of benzene rings is 1. The highest BCUT2D eigenvalue weighted by molar-refractivity contribution is 7.17. The normalized spacial score (nSPS) is 19.4. The molecule has 0 unspecified atom stereocenters. The summed E-state index contributed by atoms with van der Waals surface area (Å²) in [5.41, 5.74) is 1.62. The van der Waals surface area contributed by atoms with Gasteiger partial charge < -0.3 is 9.80 Å². The van der Waals surface area contributed by atoms with Gasteiger partial charge in [0.05, 0.1) is 5.69 Å². The molecule has 4 nitrogen and oxygen atoms in total. The number of hydrogen-bond acceptors (Lipinski definition) is 4. The predicted octanol–water partition coefficient (Wildman–Crippen LogP) is 4.35. The summed E-state index contributed by atoms with van der Waals surface area (Å²) in [7, 11) is 0. The Balaban J connectivity index is 1.42. The third-order valence-corrected chi connectivity index (χ3v) is 6.94. The standard InChI is InChI=1S/C21H26FN3OS/c1-15-19(27-20(23-15)16-5-7-17(22)8-6-16)21(26)25-13-9-18(10-14-25)24-11-3-2-4-12-24/h5-8,18H,2-4,9-14H2,1H3. The number of rotatable bonds is 3. The van der Waals surface area contributed by atoms with Gasteiger partial charge in [0.25, 0.3) is 5.91 Å². The lowest BCUT2D eigenvalue weighted by atomic mass is 10.00. The van der Waals surface area contributed by atoms with Crippen LogP contribution in [0.1, 0.15) is 47.5 Å². The van der Waals surface area contributed by atoms with Crippen LogP contribution in [0.25, 0.3) is 10.6 Å². The van der Waals surface area contributed by atoms with Crippen molar-refractivity contribution in [3.63, 3.8) is 0 Å². The smallest absolute Gasteiger partial charge is 0.265 e. The molecule has 1 amide bonds. The van der Waals surface area contributed by atoms with Crippen molar-refractivity contribution in [1.29, 1.82) is 0 Å². The van der Waals surface area contributed by atoms with E-state index in [2.05, 4.69) is 9.88 Å². The van der Waals surface area contributed by atoms with E-state index in [4.69, 9.17) is 0 Å². The fourth-order valence-electron chi connectivity index (χ4n) is 4.17. The van der Waals surface area contributed by atoms with Crippen LogP contribution in [0.4, 0.5) is 4.39 Å². The lowest BCUT2D eigenvalue weighted by Gasteiger charge is -2.40. The number of aromatic nitrogens is 1. The number of nitrogens with zero attached hydrogens (tertiary/aromatic N) is 3. The zero-order valence-corrected chi connectivity index (χ0v) is 16.6. The van der Waals surface area contributed by atoms with Gasteiger partial charge in [0.2, 0.25) is 0 Å². The summed E-state index contributed by atoms with van der Waals surface area (Å²) >= 11 is 1.41. The maximum atomic E-state index is 13.1. The number of aryl methyl sites for hydroxylation is 1. The largest absolute Gasteiger partial charge is 0.338 e. The lowest BCUT2D eigenvalue weighted by molar-refractivity contribution is 0.0593. The Morgan fingerprint density at radius 1 is 1.07 bits per heavy atom. The Hall–Kier alpha value is -1.79. The van der Waals surface area contributed by atoms with E-state index in [-0.39, 0.29) is 11.7 Å². The van der Waals surface area contributed by atoms with Crippen molar-refractivity contribution in [3.8, 4) is 10.6 Å². The first-order chi connectivity index (χ1) is 13.1. The quantitative estimate of drug-likeness (QED) is 0.786. The summed E-state index contributed by atoms with van der Waals surface area (Å²) in [4.78, 5) is 22.9. The molecule has 144 valence electrons. The van der Waals surface area contributed by atoms with E-state index in [0.29, 0.717) is 10.9 Å². The molecule has 6 heteroatoms. The summed E-state index contributed by atoms with van der Waals surface area (Å²) in [6.45, 7) is 5.96. The molecule has 0 atom stereocenters. The number of halogens is 1. The molecular weight excluding hydrogens is 361 g/mol. The number of hydrogen-bond donors (Lipinski definition) is 0. The number of likely N-dealkylation sites (tertiary alicyclic amines) is 2. The summed E-state index contributed by atoms with van der Waals surface area (Å²) in [6, 6.07) is 6.92. The third-order valence-electron chi connectivity index (χ3n) is 5.74. The van der Waals surface area contributed by atoms with Crippen LogP contribution in [-0.4, -0.2) is 52.9 Å². The van der Waals surface area contributed by atoms with E-state index in [1.165, 1.54) is 55.8 Å². The van der Waals surface area contributed by atoms with Gasteiger partial charge in [-0.2, -0.15) is 0 Å². The first-order valence-electron chi connectivity index (χ1n) is 9.88. The Morgan fingerprint density at radius 2 is 1.74 bits per heavy atom. The van der Waals surface area contributed by atoms with Gasteiger partial charge in [-0.1, -0.05) is 6.42 Å². The number of thiazole rings is 1. The number of amides is 1.